The van der Waals surface area contributed by atoms with E-state index < -0.39 is 23.5 Å². The number of nitrogens with zero attached hydrogens (tertiary/aromatic N) is 2. The summed E-state index contributed by atoms with van der Waals surface area (Å²) < 4.78 is 13.3. The van der Waals surface area contributed by atoms with E-state index in [0.717, 1.165) is 5.56 Å². The van der Waals surface area contributed by atoms with E-state index in [1.165, 1.54) is 29.2 Å². The fourth-order valence-corrected chi connectivity index (χ4v) is 3.48. The number of aromatic nitrogens is 1. The van der Waals surface area contributed by atoms with Crippen molar-refractivity contribution in [3.05, 3.63) is 107 Å². The van der Waals surface area contributed by atoms with E-state index in [1.807, 2.05) is 12.1 Å². The van der Waals surface area contributed by atoms with Gasteiger partial charge in [0.15, 0.2) is 0 Å². The number of benzene rings is 2. The molecule has 1 atom stereocenters. The fourth-order valence-electron chi connectivity index (χ4n) is 3.48. The van der Waals surface area contributed by atoms with E-state index in [0.29, 0.717) is 5.56 Å². The Labute approximate surface area is 166 Å². The molecule has 1 aliphatic heterocycles. The van der Waals surface area contributed by atoms with Gasteiger partial charge in [-0.15, -0.1) is 0 Å². The minimum absolute atomic E-state index is 0.0169. The number of hydrogen-bond acceptors (Lipinski definition) is 4. The van der Waals surface area contributed by atoms with Crippen molar-refractivity contribution in [1.82, 2.24) is 9.88 Å². The number of carbonyl (C=O) groups excluding carboxylic acids is 2. The van der Waals surface area contributed by atoms with Crippen molar-refractivity contribution in [2.24, 2.45) is 0 Å². The molecule has 6 heteroatoms. The van der Waals surface area contributed by atoms with Crippen molar-refractivity contribution in [2.75, 3.05) is 0 Å². The monoisotopic (exact) mass is 388 g/mol. The van der Waals surface area contributed by atoms with Crippen molar-refractivity contribution in [2.45, 2.75) is 12.6 Å². The highest BCUT2D eigenvalue weighted by Gasteiger charge is 2.46. The molecular weight excluding hydrogens is 371 g/mol. The van der Waals surface area contributed by atoms with Crippen LogP contribution in [-0.4, -0.2) is 26.7 Å². The van der Waals surface area contributed by atoms with Crippen LogP contribution in [0.3, 0.4) is 0 Å². The lowest BCUT2D eigenvalue weighted by atomic mass is 9.95. The Hall–Kier alpha value is -3.80. The van der Waals surface area contributed by atoms with Gasteiger partial charge in [0.25, 0.3) is 11.7 Å². The summed E-state index contributed by atoms with van der Waals surface area (Å²) in [5.41, 5.74) is 1.71. The summed E-state index contributed by atoms with van der Waals surface area (Å²) in [5.74, 6) is -2.26. The van der Waals surface area contributed by atoms with E-state index in [9.17, 15) is 19.1 Å². The summed E-state index contributed by atoms with van der Waals surface area (Å²) in [6, 6.07) is 17.0. The smallest absolute Gasteiger partial charge is 0.295 e. The van der Waals surface area contributed by atoms with Gasteiger partial charge in [-0.05, 0) is 41.5 Å². The number of halogens is 1. The molecule has 0 aliphatic carbocycles. The standard InChI is InChI=1S/C23H17FN2O3/c24-18-10-8-17(9-11-18)21(27)19-20(16-6-2-1-3-7-16)26(23(29)22(19)28)14-15-5-4-12-25-13-15/h1-13,20,27H,14H2/b21-19+. The molecule has 29 heavy (non-hydrogen) atoms. The summed E-state index contributed by atoms with van der Waals surface area (Å²) in [5, 5.41) is 10.9. The second-order valence-corrected chi connectivity index (χ2v) is 6.71. The predicted molar refractivity (Wildman–Crippen MR) is 105 cm³/mol. The number of carbonyl (C=O) groups is 2. The molecule has 0 bridgehead atoms. The minimum atomic E-state index is -0.774. The van der Waals surface area contributed by atoms with Gasteiger partial charge in [-0.2, -0.15) is 0 Å². The topological polar surface area (TPSA) is 70.5 Å². The summed E-state index contributed by atoms with van der Waals surface area (Å²) in [6.07, 6.45) is 3.25. The third kappa shape index (κ3) is 3.52. The van der Waals surface area contributed by atoms with Gasteiger partial charge in [-0.25, -0.2) is 4.39 Å². The molecule has 1 fully saturated rings. The third-order valence-electron chi connectivity index (χ3n) is 4.85. The molecule has 1 saturated heterocycles. The van der Waals surface area contributed by atoms with Crippen LogP contribution in [-0.2, 0) is 16.1 Å². The molecule has 1 unspecified atom stereocenters. The Morgan fingerprint density at radius 3 is 2.38 bits per heavy atom. The highest BCUT2D eigenvalue weighted by atomic mass is 19.1. The lowest BCUT2D eigenvalue weighted by Gasteiger charge is -2.25. The molecular formula is C23H17FN2O3. The number of amides is 1. The zero-order valence-electron chi connectivity index (χ0n) is 15.3. The summed E-state index contributed by atoms with van der Waals surface area (Å²) in [6.45, 7) is 0.165. The summed E-state index contributed by atoms with van der Waals surface area (Å²) >= 11 is 0. The van der Waals surface area contributed by atoms with E-state index in [4.69, 9.17) is 0 Å². The first-order valence-electron chi connectivity index (χ1n) is 9.04. The molecule has 2 heterocycles. The first-order chi connectivity index (χ1) is 14.1. The predicted octanol–water partition coefficient (Wildman–Crippen LogP) is 3.84. The molecule has 1 N–H and O–H groups in total. The fraction of sp³-hybridized carbons (Fsp3) is 0.0870. The number of likely N-dealkylation sites (tertiary alicyclic amines) is 1. The van der Waals surface area contributed by atoms with Crippen LogP contribution in [0.2, 0.25) is 0 Å². The molecule has 1 amide bonds. The minimum Gasteiger partial charge on any atom is -0.507 e. The van der Waals surface area contributed by atoms with E-state index >= 15 is 0 Å². The summed E-state index contributed by atoms with van der Waals surface area (Å²) in [4.78, 5) is 31.2. The number of aliphatic hydroxyl groups is 1. The van der Waals surface area contributed by atoms with E-state index in [1.54, 1.807) is 42.7 Å². The number of ketones is 1. The SMILES string of the molecule is O=C1C(=O)N(Cc2cccnc2)C(c2ccccc2)/C1=C(\O)c1ccc(F)cc1. The first-order valence-corrected chi connectivity index (χ1v) is 9.04. The van der Waals surface area contributed by atoms with Crippen molar-refractivity contribution >= 4 is 17.4 Å². The highest BCUT2D eigenvalue weighted by molar-refractivity contribution is 6.46. The molecule has 1 aliphatic rings. The van der Waals surface area contributed by atoms with Gasteiger partial charge < -0.3 is 10.0 Å². The Bertz CT molecular complexity index is 1080. The van der Waals surface area contributed by atoms with Crippen LogP contribution < -0.4 is 0 Å². The van der Waals surface area contributed by atoms with E-state index in [2.05, 4.69) is 4.98 Å². The van der Waals surface area contributed by atoms with Crippen LogP contribution in [0.4, 0.5) is 4.39 Å². The maximum absolute atomic E-state index is 13.3. The molecule has 2 aromatic carbocycles. The Morgan fingerprint density at radius 2 is 1.72 bits per heavy atom. The van der Waals surface area contributed by atoms with Crippen LogP contribution >= 0.6 is 0 Å². The summed E-state index contributed by atoms with van der Waals surface area (Å²) in [7, 11) is 0. The maximum Gasteiger partial charge on any atom is 0.295 e. The number of hydrogen-bond donors (Lipinski definition) is 1. The van der Waals surface area contributed by atoms with Crippen LogP contribution in [0.25, 0.3) is 5.76 Å². The molecule has 5 nitrogen and oxygen atoms in total. The van der Waals surface area contributed by atoms with Crippen LogP contribution in [0.15, 0.2) is 84.7 Å². The Balaban J connectivity index is 1.85. The number of rotatable bonds is 4. The van der Waals surface area contributed by atoms with Crippen LogP contribution in [0.1, 0.15) is 22.7 Å². The average Bonchev–Trinajstić information content (AvgIpc) is 3.00. The van der Waals surface area contributed by atoms with Crippen LogP contribution in [0, 0.1) is 5.82 Å². The van der Waals surface area contributed by atoms with Crippen molar-refractivity contribution in [3.63, 3.8) is 0 Å². The quantitative estimate of drug-likeness (QED) is 0.419. The van der Waals surface area contributed by atoms with E-state index in [-0.39, 0.29) is 23.4 Å². The van der Waals surface area contributed by atoms with Gasteiger partial charge in [-0.1, -0.05) is 36.4 Å². The van der Waals surface area contributed by atoms with Gasteiger partial charge >= 0.3 is 0 Å². The molecule has 0 radical (unpaired) electrons. The lowest BCUT2D eigenvalue weighted by molar-refractivity contribution is -0.140. The lowest BCUT2D eigenvalue weighted by Crippen LogP contribution is -2.29. The molecule has 0 saturated carbocycles. The van der Waals surface area contributed by atoms with Crippen molar-refractivity contribution < 1.29 is 19.1 Å². The van der Waals surface area contributed by atoms with Gasteiger partial charge in [0.05, 0.1) is 11.6 Å². The maximum atomic E-state index is 13.3. The molecule has 1 aromatic heterocycles. The van der Waals surface area contributed by atoms with Gasteiger partial charge in [-0.3, -0.25) is 14.6 Å². The Morgan fingerprint density at radius 1 is 1.00 bits per heavy atom. The van der Waals surface area contributed by atoms with Crippen LogP contribution in [0.5, 0.6) is 0 Å². The number of Topliss-reactive ketones (excluding diaryl/α,β-unsaturated/α-hetero) is 1. The largest absolute Gasteiger partial charge is 0.507 e. The third-order valence-corrected chi connectivity index (χ3v) is 4.85. The molecule has 3 aromatic rings. The van der Waals surface area contributed by atoms with Crippen molar-refractivity contribution in [1.29, 1.82) is 0 Å². The normalized spacial score (nSPS) is 18.2. The van der Waals surface area contributed by atoms with Gasteiger partial charge in [0.1, 0.15) is 11.6 Å². The van der Waals surface area contributed by atoms with Gasteiger partial charge in [0, 0.05) is 24.5 Å². The zero-order chi connectivity index (χ0) is 20.4. The zero-order valence-corrected chi connectivity index (χ0v) is 15.3. The second-order valence-electron chi connectivity index (χ2n) is 6.71. The second kappa shape index (κ2) is 7.67. The number of pyridine rings is 1. The molecule has 4 rings (SSSR count). The Kier molecular flexibility index (Phi) is 4.91. The van der Waals surface area contributed by atoms with Crippen molar-refractivity contribution in [3.8, 4) is 0 Å². The highest BCUT2D eigenvalue weighted by Crippen LogP contribution is 2.40. The first kappa shape index (κ1) is 18.6. The number of aliphatic hydroxyl groups excluding tert-OH is 1. The average molecular weight is 388 g/mol. The molecule has 144 valence electrons. The molecule has 0 spiro atoms. The van der Waals surface area contributed by atoms with Gasteiger partial charge in [0.2, 0.25) is 0 Å².